The van der Waals surface area contributed by atoms with Gasteiger partial charge in [0.1, 0.15) is 0 Å². The van der Waals surface area contributed by atoms with Gasteiger partial charge in [-0.3, -0.25) is 10.2 Å². The van der Waals surface area contributed by atoms with Crippen LogP contribution in [0, 0.1) is 5.41 Å². The Hall–Kier alpha value is -1.29. The van der Waals surface area contributed by atoms with Crippen molar-refractivity contribution in [2.75, 3.05) is 0 Å². The highest BCUT2D eigenvalue weighted by Gasteiger charge is 2.06. The van der Waals surface area contributed by atoms with Gasteiger partial charge in [0, 0.05) is 5.56 Å². The summed E-state index contributed by atoms with van der Waals surface area (Å²) < 4.78 is 0. The van der Waals surface area contributed by atoms with Gasteiger partial charge in [-0.25, -0.2) is 0 Å². The van der Waals surface area contributed by atoms with Crippen molar-refractivity contribution in [3.63, 3.8) is 0 Å². The van der Waals surface area contributed by atoms with E-state index in [-0.39, 0.29) is 10.3 Å². The normalized spacial score (nSPS) is 9.33. The second-order valence-electron chi connectivity index (χ2n) is 2.12. The minimum atomic E-state index is -0.192. The van der Waals surface area contributed by atoms with Crippen molar-refractivity contribution < 1.29 is 4.79 Å². The monoisotopic (exact) mass is 180 g/mol. The lowest BCUT2D eigenvalue weighted by Gasteiger charge is -1.96. The maximum absolute atomic E-state index is 11.2. The van der Waals surface area contributed by atoms with Crippen LogP contribution in [0.2, 0.25) is 0 Å². The van der Waals surface area contributed by atoms with Gasteiger partial charge >= 0.3 is 0 Å². The minimum Gasteiger partial charge on any atom is -0.378 e. The number of benzene rings is 1. The summed E-state index contributed by atoms with van der Waals surface area (Å²) in [6.45, 7) is 0. The van der Waals surface area contributed by atoms with E-state index in [2.05, 4.69) is 0 Å². The molecule has 0 bridgehead atoms. The highest BCUT2D eigenvalue weighted by molar-refractivity contribution is 8.26. The van der Waals surface area contributed by atoms with E-state index in [1.807, 2.05) is 6.07 Å². The molecule has 0 aliphatic rings. The number of nitrogens with two attached hydrogens (primary N) is 1. The molecule has 0 saturated carbocycles. The molecule has 0 amide bonds. The Morgan fingerprint density at radius 1 is 1.33 bits per heavy atom. The first-order chi connectivity index (χ1) is 5.70. The van der Waals surface area contributed by atoms with Crippen molar-refractivity contribution in [2.45, 2.75) is 0 Å². The Balaban J connectivity index is 2.73. The fourth-order valence-corrected chi connectivity index (χ4v) is 1.19. The van der Waals surface area contributed by atoms with Gasteiger partial charge in [0.2, 0.25) is 5.12 Å². The van der Waals surface area contributed by atoms with Gasteiger partial charge in [0.25, 0.3) is 0 Å². The average molecular weight is 180 g/mol. The van der Waals surface area contributed by atoms with Crippen LogP contribution in [-0.2, 0) is 0 Å². The Morgan fingerprint density at radius 2 is 1.92 bits per heavy atom. The highest BCUT2D eigenvalue weighted by Crippen LogP contribution is 2.10. The van der Waals surface area contributed by atoms with E-state index >= 15 is 0 Å². The first-order valence-corrected chi connectivity index (χ1v) is 4.13. The van der Waals surface area contributed by atoms with Crippen LogP contribution in [0.15, 0.2) is 30.3 Å². The molecule has 1 aromatic carbocycles. The smallest absolute Gasteiger partial charge is 0.226 e. The molecule has 0 aliphatic heterocycles. The predicted octanol–water partition coefficient (Wildman–Crippen LogP) is 1.45. The zero-order valence-electron chi connectivity index (χ0n) is 6.28. The molecule has 1 rings (SSSR count). The number of amidine groups is 1. The largest absolute Gasteiger partial charge is 0.378 e. The van der Waals surface area contributed by atoms with Crippen LogP contribution in [-0.4, -0.2) is 10.3 Å². The third kappa shape index (κ3) is 2.39. The van der Waals surface area contributed by atoms with E-state index in [0.717, 1.165) is 11.8 Å². The topological polar surface area (TPSA) is 66.9 Å². The van der Waals surface area contributed by atoms with Crippen molar-refractivity contribution in [3.05, 3.63) is 35.9 Å². The maximum Gasteiger partial charge on any atom is 0.226 e. The Bertz CT molecular complexity index is 297. The van der Waals surface area contributed by atoms with Gasteiger partial charge in [-0.05, 0) is 11.8 Å². The lowest BCUT2D eigenvalue weighted by atomic mass is 10.2. The Labute approximate surface area is 74.5 Å². The number of rotatable bonds is 1. The fraction of sp³-hybridized carbons (Fsp3) is 0. The molecule has 12 heavy (non-hydrogen) atoms. The number of hydrogen-bond donors (Lipinski definition) is 2. The number of carbonyl (C=O) groups excluding carboxylic acids is 1. The summed E-state index contributed by atoms with van der Waals surface area (Å²) in [7, 11) is 0. The molecule has 1 aromatic rings. The summed E-state index contributed by atoms with van der Waals surface area (Å²) in [6, 6.07) is 8.76. The van der Waals surface area contributed by atoms with Crippen LogP contribution in [0.1, 0.15) is 10.4 Å². The highest BCUT2D eigenvalue weighted by atomic mass is 32.2. The number of thioether (sulfide) groups is 1. The Kier molecular flexibility index (Phi) is 2.88. The molecule has 0 radical (unpaired) electrons. The molecule has 4 heteroatoms. The van der Waals surface area contributed by atoms with Gasteiger partial charge in [-0.2, -0.15) is 0 Å². The van der Waals surface area contributed by atoms with Crippen LogP contribution >= 0.6 is 11.8 Å². The van der Waals surface area contributed by atoms with E-state index in [9.17, 15) is 4.79 Å². The molecule has 3 nitrogen and oxygen atoms in total. The summed E-state index contributed by atoms with van der Waals surface area (Å²) in [4.78, 5) is 11.2. The molecule has 0 saturated heterocycles. The first kappa shape index (κ1) is 8.80. The first-order valence-electron chi connectivity index (χ1n) is 3.31. The van der Waals surface area contributed by atoms with E-state index in [4.69, 9.17) is 11.1 Å². The van der Waals surface area contributed by atoms with Crippen LogP contribution in [0.25, 0.3) is 0 Å². The molecule has 0 fully saturated rings. The maximum atomic E-state index is 11.2. The number of carbonyl (C=O) groups is 1. The molecule has 3 N–H and O–H groups in total. The third-order valence-corrected chi connectivity index (χ3v) is 1.85. The molecule has 0 heterocycles. The van der Waals surface area contributed by atoms with Gasteiger partial charge in [-0.15, -0.1) is 0 Å². The standard InChI is InChI=1S/C8H8N2OS/c9-8(10)12-7(11)6-4-2-1-3-5-6/h1-5H,(H3,9,10). The summed E-state index contributed by atoms with van der Waals surface area (Å²) in [5, 5.41) is 6.53. The average Bonchev–Trinajstić information content (AvgIpc) is 2.05. The molecule has 0 spiro atoms. The molecule has 0 aromatic heterocycles. The summed E-state index contributed by atoms with van der Waals surface area (Å²) >= 11 is 0.730. The van der Waals surface area contributed by atoms with E-state index in [1.54, 1.807) is 24.3 Å². The van der Waals surface area contributed by atoms with Gasteiger partial charge in [-0.1, -0.05) is 30.3 Å². The van der Waals surface area contributed by atoms with Gasteiger partial charge in [0.05, 0.1) is 0 Å². The van der Waals surface area contributed by atoms with Gasteiger partial charge in [0.15, 0.2) is 5.17 Å². The minimum absolute atomic E-state index is 0.177. The van der Waals surface area contributed by atoms with Crippen LogP contribution in [0.5, 0.6) is 0 Å². The SMILES string of the molecule is N=C(N)SC(=O)c1ccccc1. The second kappa shape index (κ2) is 3.92. The summed E-state index contributed by atoms with van der Waals surface area (Å²) in [5.41, 5.74) is 5.62. The van der Waals surface area contributed by atoms with E-state index in [0.29, 0.717) is 5.56 Å². The van der Waals surface area contributed by atoms with Crippen LogP contribution in [0.3, 0.4) is 0 Å². The van der Waals surface area contributed by atoms with Crippen LogP contribution in [0.4, 0.5) is 0 Å². The van der Waals surface area contributed by atoms with Gasteiger partial charge < -0.3 is 5.73 Å². The quantitative estimate of drug-likeness (QED) is 0.507. The van der Waals surface area contributed by atoms with E-state index in [1.165, 1.54) is 0 Å². The van der Waals surface area contributed by atoms with E-state index < -0.39 is 0 Å². The van der Waals surface area contributed by atoms with Crippen LogP contribution < -0.4 is 5.73 Å². The second-order valence-corrected chi connectivity index (χ2v) is 3.13. The van der Waals surface area contributed by atoms with Crippen molar-refractivity contribution in [2.24, 2.45) is 5.73 Å². The molecule has 62 valence electrons. The Morgan fingerprint density at radius 3 is 2.42 bits per heavy atom. The van der Waals surface area contributed by atoms with Crippen molar-refractivity contribution >= 4 is 22.0 Å². The fourth-order valence-electron chi connectivity index (χ4n) is 0.733. The van der Waals surface area contributed by atoms with Crippen molar-refractivity contribution in [1.29, 1.82) is 5.41 Å². The van der Waals surface area contributed by atoms with Crippen molar-refractivity contribution in [3.8, 4) is 0 Å². The van der Waals surface area contributed by atoms with Crippen molar-refractivity contribution in [1.82, 2.24) is 0 Å². The molecule has 0 unspecified atom stereocenters. The molecular formula is C8H8N2OS. The summed E-state index contributed by atoms with van der Waals surface area (Å²) in [5.74, 6) is 0. The zero-order valence-corrected chi connectivity index (χ0v) is 7.10. The molecule has 0 aliphatic carbocycles. The lowest BCUT2D eigenvalue weighted by Crippen LogP contribution is -2.08. The lowest BCUT2D eigenvalue weighted by molar-refractivity contribution is 0.109. The number of hydrogen-bond acceptors (Lipinski definition) is 3. The predicted molar refractivity (Wildman–Crippen MR) is 50.3 cm³/mol. The number of nitrogens with one attached hydrogen (secondary N) is 1. The molecule has 0 atom stereocenters. The zero-order chi connectivity index (χ0) is 8.97. The third-order valence-electron chi connectivity index (χ3n) is 1.21. The molecular weight excluding hydrogens is 172 g/mol. The summed E-state index contributed by atoms with van der Waals surface area (Å²) in [6.07, 6.45) is 0.